The van der Waals surface area contributed by atoms with E-state index in [-0.39, 0.29) is 29.7 Å². The average Bonchev–Trinajstić information content (AvgIpc) is 3.19. The molecule has 2 aliphatic heterocycles. The van der Waals surface area contributed by atoms with Crippen LogP contribution in [0.15, 0.2) is 35.4 Å². The number of nitrogens with one attached hydrogen (secondary N) is 2. The van der Waals surface area contributed by atoms with E-state index in [0.29, 0.717) is 18.1 Å². The number of anilines is 2. The molecule has 8 nitrogen and oxygen atoms in total. The van der Waals surface area contributed by atoms with Crippen molar-refractivity contribution in [3.8, 4) is 17.0 Å². The normalized spacial score (nSPS) is 21.9. The summed E-state index contributed by atoms with van der Waals surface area (Å²) >= 11 is 1.55. The maximum Gasteiger partial charge on any atom is 0.414 e. The summed E-state index contributed by atoms with van der Waals surface area (Å²) in [5.74, 6) is 0.363. The van der Waals surface area contributed by atoms with E-state index in [9.17, 15) is 9.59 Å². The Morgan fingerprint density at radius 1 is 1.21 bits per heavy atom. The van der Waals surface area contributed by atoms with E-state index in [2.05, 4.69) is 21.7 Å². The highest BCUT2D eigenvalue weighted by atomic mass is 32.2. The van der Waals surface area contributed by atoms with E-state index in [1.807, 2.05) is 25.1 Å². The van der Waals surface area contributed by atoms with Gasteiger partial charge in [0.05, 0.1) is 12.2 Å². The zero-order valence-electron chi connectivity index (χ0n) is 18.8. The summed E-state index contributed by atoms with van der Waals surface area (Å²) in [4.78, 5) is 31.7. The van der Waals surface area contributed by atoms with E-state index in [0.717, 1.165) is 47.4 Å². The fraction of sp³-hybridized carbons (Fsp3) is 0.458. The van der Waals surface area contributed by atoms with E-state index in [4.69, 9.17) is 9.47 Å². The number of benzene rings is 1. The molecule has 3 aliphatic rings. The maximum atomic E-state index is 13.1. The minimum Gasteiger partial charge on any atom is -0.471 e. The van der Waals surface area contributed by atoms with Gasteiger partial charge in [0, 0.05) is 23.6 Å². The molecule has 1 aromatic carbocycles. The molecule has 2 unspecified atom stereocenters. The van der Waals surface area contributed by atoms with Crippen molar-refractivity contribution in [1.29, 1.82) is 0 Å². The highest BCUT2D eigenvalue weighted by Gasteiger charge is 2.32. The van der Waals surface area contributed by atoms with Crippen LogP contribution in [0.25, 0.3) is 11.1 Å². The van der Waals surface area contributed by atoms with Crippen LogP contribution in [0.5, 0.6) is 5.88 Å². The van der Waals surface area contributed by atoms with Crippen molar-refractivity contribution in [2.24, 2.45) is 0 Å². The average molecular weight is 469 g/mol. The van der Waals surface area contributed by atoms with Gasteiger partial charge in [-0.25, -0.2) is 9.78 Å². The van der Waals surface area contributed by atoms with Crippen LogP contribution in [0.1, 0.15) is 46.0 Å². The quantitative estimate of drug-likeness (QED) is 0.672. The van der Waals surface area contributed by atoms with Gasteiger partial charge in [0.15, 0.2) is 5.50 Å². The number of amides is 2. The summed E-state index contributed by atoms with van der Waals surface area (Å²) in [6, 6.07) is 8.00. The van der Waals surface area contributed by atoms with Crippen molar-refractivity contribution in [2.45, 2.75) is 68.6 Å². The monoisotopic (exact) mass is 468 g/mol. The lowest BCUT2D eigenvalue weighted by Gasteiger charge is -2.33. The number of carbonyl (C=O) groups is 2. The molecule has 174 valence electrons. The van der Waals surface area contributed by atoms with Crippen molar-refractivity contribution in [2.75, 3.05) is 16.8 Å². The molecule has 0 radical (unpaired) electrons. The van der Waals surface area contributed by atoms with Crippen LogP contribution in [-0.4, -0.2) is 41.2 Å². The number of hydrogen-bond acceptors (Lipinski definition) is 7. The Balaban J connectivity index is 1.39. The summed E-state index contributed by atoms with van der Waals surface area (Å²) in [6.45, 7) is 3.85. The van der Waals surface area contributed by atoms with Crippen LogP contribution in [0.3, 0.4) is 0 Å². The number of thioether (sulfide) groups is 1. The number of rotatable bonds is 3. The fourth-order valence-electron chi connectivity index (χ4n) is 4.49. The Labute approximate surface area is 197 Å². The molecule has 33 heavy (non-hydrogen) atoms. The van der Waals surface area contributed by atoms with Crippen molar-refractivity contribution < 1.29 is 19.1 Å². The number of hydrogen-bond donors (Lipinski definition) is 2. The van der Waals surface area contributed by atoms with E-state index in [1.165, 1.54) is 13.3 Å². The number of nitrogens with zero attached hydrogens (tertiary/aromatic N) is 2. The molecule has 1 aromatic heterocycles. The molecule has 2 N–H and O–H groups in total. The second-order valence-corrected chi connectivity index (χ2v) is 9.93. The molecule has 1 saturated carbocycles. The first-order valence-corrected chi connectivity index (χ1v) is 12.3. The Bertz CT molecular complexity index is 1070. The van der Waals surface area contributed by atoms with Gasteiger partial charge in [-0.2, -0.15) is 0 Å². The molecule has 9 heteroatoms. The van der Waals surface area contributed by atoms with Crippen molar-refractivity contribution in [3.63, 3.8) is 0 Å². The van der Waals surface area contributed by atoms with E-state index >= 15 is 0 Å². The van der Waals surface area contributed by atoms with Crippen molar-refractivity contribution in [1.82, 2.24) is 10.3 Å². The van der Waals surface area contributed by atoms with Gasteiger partial charge in [-0.1, -0.05) is 24.2 Å². The molecular weight excluding hydrogens is 440 g/mol. The molecular formula is C24H28N4O4S. The Hall–Kier alpha value is -2.94. The third kappa shape index (κ3) is 4.73. The van der Waals surface area contributed by atoms with Gasteiger partial charge in [0.2, 0.25) is 11.8 Å². The van der Waals surface area contributed by atoms with Gasteiger partial charge in [0.25, 0.3) is 0 Å². The summed E-state index contributed by atoms with van der Waals surface area (Å²) in [6.07, 6.45) is 6.53. The molecule has 5 rings (SSSR count). The first kappa shape index (κ1) is 21.9. The van der Waals surface area contributed by atoms with Crippen LogP contribution in [0.4, 0.5) is 16.2 Å². The molecule has 3 heterocycles. The van der Waals surface area contributed by atoms with Crippen molar-refractivity contribution >= 4 is 35.1 Å². The van der Waals surface area contributed by atoms with E-state index in [1.54, 1.807) is 22.9 Å². The Kier molecular flexibility index (Phi) is 6.05. The van der Waals surface area contributed by atoms with Crippen molar-refractivity contribution in [3.05, 3.63) is 30.5 Å². The predicted octanol–water partition coefficient (Wildman–Crippen LogP) is 4.74. The number of carbonyl (C=O) groups excluding carboxylic acids is 2. The summed E-state index contributed by atoms with van der Waals surface area (Å²) in [5.41, 5.74) is 3.28. The highest BCUT2D eigenvalue weighted by molar-refractivity contribution is 8.00. The largest absolute Gasteiger partial charge is 0.471 e. The number of aromatic nitrogens is 1. The number of ether oxygens (including phenoxy) is 2. The standard InChI is InChI=1S/C24H28N4O4S/c1-14-13-28(24(30)32-18-6-4-3-5-7-18)20-10-17(12-25-22(20)31-14)16-8-9-19-21(11-16)33-23(27-19)26-15(2)29/h8-12,14,18,23,27H,3-7,13H2,1-2H3,(H,26,29). The number of fused-ring (bicyclic) bond motifs is 2. The van der Waals surface area contributed by atoms with Gasteiger partial charge in [-0.05, 0) is 56.4 Å². The highest BCUT2D eigenvalue weighted by Crippen LogP contribution is 2.41. The topological polar surface area (TPSA) is 92.8 Å². The zero-order chi connectivity index (χ0) is 22.9. The van der Waals surface area contributed by atoms with Gasteiger partial charge >= 0.3 is 6.09 Å². The Morgan fingerprint density at radius 3 is 2.82 bits per heavy atom. The van der Waals surface area contributed by atoms with Gasteiger partial charge in [-0.15, -0.1) is 0 Å². The fourth-order valence-corrected chi connectivity index (χ4v) is 5.61. The predicted molar refractivity (Wildman–Crippen MR) is 128 cm³/mol. The maximum absolute atomic E-state index is 13.1. The van der Waals surface area contributed by atoms with Gasteiger partial charge in [-0.3, -0.25) is 9.69 Å². The zero-order valence-corrected chi connectivity index (χ0v) is 19.6. The molecule has 2 aromatic rings. The molecule has 2 amide bonds. The lowest BCUT2D eigenvalue weighted by atomic mass is 9.98. The van der Waals surface area contributed by atoms with Crippen LogP contribution in [-0.2, 0) is 9.53 Å². The van der Waals surface area contributed by atoms with Gasteiger partial charge < -0.3 is 20.1 Å². The minimum absolute atomic E-state index is 0.0122. The third-order valence-corrected chi connectivity index (χ3v) is 7.16. The third-order valence-electron chi connectivity index (χ3n) is 6.10. The second-order valence-electron chi connectivity index (χ2n) is 8.78. The summed E-state index contributed by atoms with van der Waals surface area (Å²) in [7, 11) is 0. The summed E-state index contributed by atoms with van der Waals surface area (Å²) < 4.78 is 11.7. The summed E-state index contributed by atoms with van der Waals surface area (Å²) in [5, 5.41) is 6.16. The first-order valence-electron chi connectivity index (χ1n) is 11.5. The molecule has 0 bridgehead atoms. The van der Waals surface area contributed by atoms with Crippen LogP contribution < -0.4 is 20.3 Å². The number of pyridine rings is 1. The minimum atomic E-state index is -0.330. The van der Waals surface area contributed by atoms with Crippen LogP contribution in [0, 0.1) is 0 Å². The van der Waals surface area contributed by atoms with Crippen LogP contribution >= 0.6 is 11.8 Å². The molecule has 1 fully saturated rings. The lowest BCUT2D eigenvalue weighted by molar-refractivity contribution is -0.119. The molecule has 0 saturated heterocycles. The smallest absolute Gasteiger partial charge is 0.414 e. The Morgan fingerprint density at radius 2 is 2.03 bits per heavy atom. The van der Waals surface area contributed by atoms with Gasteiger partial charge in [0.1, 0.15) is 17.9 Å². The van der Waals surface area contributed by atoms with E-state index < -0.39 is 0 Å². The molecule has 1 aliphatic carbocycles. The molecule has 0 spiro atoms. The molecule has 2 atom stereocenters. The second kappa shape index (κ2) is 9.13. The lowest BCUT2D eigenvalue weighted by Crippen LogP contribution is -2.44. The SMILES string of the molecule is CC(=O)NC1Nc2ccc(-c3cnc4c(c3)N(C(=O)OC3CCCCC3)CC(C)O4)cc2S1. The first-order chi connectivity index (χ1) is 16.0. The van der Waals surface area contributed by atoms with Crippen LogP contribution in [0.2, 0.25) is 0 Å².